The van der Waals surface area contributed by atoms with E-state index in [4.69, 9.17) is 5.73 Å². The Kier molecular flexibility index (Phi) is 3.87. The van der Waals surface area contributed by atoms with Crippen LogP contribution in [0.1, 0.15) is 38.2 Å². The van der Waals surface area contributed by atoms with Crippen LogP contribution in [0.15, 0.2) is 12.3 Å². The third kappa shape index (κ3) is 3.30. The quantitative estimate of drug-likeness (QED) is 0.864. The zero-order chi connectivity index (χ0) is 14.0. The highest BCUT2D eigenvalue weighted by molar-refractivity contribution is 5.63. The zero-order valence-electron chi connectivity index (χ0n) is 10.8. The molecule has 1 aromatic heterocycles. The minimum atomic E-state index is -4.39. The molecule has 2 unspecified atom stereocenters. The molecule has 0 amide bonds. The van der Waals surface area contributed by atoms with Crippen molar-refractivity contribution in [3.05, 3.63) is 17.8 Å². The van der Waals surface area contributed by atoms with Crippen molar-refractivity contribution in [1.82, 2.24) is 4.98 Å². The van der Waals surface area contributed by atoms with Crippen LogP contribution in [0.2, 0.25) is 0 Å². The topological polar surface area (TPSA) is 50.9 Å². The monoisotopic (exact) mass is 273 g/mol. The Morgan fingerprint density at radius 2 is 2.00 bits per heavy atom. The first-order chi connectivity index (χ1) is 8.88. The lowest BCUT2D eigenvalue weighted by Gasteiger charge is -2.30. The van der Waals surface area contributed by atoms with Crippen LogP contribution in [0.4, 0.5) is 24.7 Å². The fourth-order valence-corrected chi connectivity index (χ4v) is 2.48. The van der Waals surface area contributed by atoms with Gasteiger partial charge in [0, 0.05) is 12.2 Å². The van der Waals surface area contributed by atoms with Crippen molar-refractivity contribution in [3.8, 4) is 0 Å². The van der Waals surface area contributed by atoms with Gasteiger partial charge in [-0.2, -0.15) is 13.2 Å². The van der Waals surface area contributed by atoms with Crippen LogP contribution in [-0.2, 0) is 6.18 Å². The second-order valence-corrected chi connectivity index (χ2v) is 5.17. The molecule has 0 radical (unpaired) electrons. The number of halogens is 3. The molecule has 1 fully saturated rings. The van der Waals surface area contributed by atoms with Crippen LogP contribution >= 0.6 is 0 Å². The van der Waals surface area contributed by atoms with Gasteiger partial charge in [-0.1, -0.05) is 19.8 Å². The van der Waals surface area contributed by atoms with Crippen LogP contribution in [0.3, 0.4) is 0 Å². The maximum absolute atomic E-state index is 12.6. The highest BCUT2D eigenvalue weighted by Gasteiger charge is 2.32. The van der Waals surface area contributed by atoms with E-state index < -0.39 is 11.7 Å². The number of nitrogen functional groups attached to an aromatic ring is 1. The van der Waals surface area contributed by atoms with E-state index in [1.165, 1.54) is 6.42 Å². The van der Waals surface area contributed by atoms with Crippen LogP contribution in [-0.4, -0.2) is 11.0 Å². The minimum Gasteiger partial charge on any atom is -0.382 e. The summed E-state index contributed by atoms with van der Waals surface area (Å²) < 4.78 is 37.9. The Bertz CT molecular complexity index is 445. The molecular weight excluding hydrogens is 255 g/mol. The molecule has 0 aromatic carbocycles. The maximum atomic E-state index is 12.6. The number of alkyl halides is 3. The molecule has 2 rings (SSSR count). The summed E-state index contributed by atoms with van der Waals surface area (Å²) in [6.07, 6.45) is 0.685. The SMILES string of the molecule is CC1CCCCC1Nc1cc(C(F)(F)F)cnc1N. The van der Waals surface area contributed by atoms with E-state index in [1.54, 1.807) is 0 Å². The van der Waals surface area contributed by atoms with E-state index in [9.17, 15) is 13.2 Å². The van der Waals surface area contributed by atoms with Gasteiger partial charge in [0.05, 0.1) is 11.3 Å². The van der Waals surface area contributed by atoms with E-state index in [1.807, 2.05) is 0 Å². The summed E-state index contributed by atoms with van der Waals surface area (Å²) in [5.74, 6) is 0.550. The lowest BCUT2D eigenvalue weighted by Crippen LogP contribution is -2.30. The first-order valence-corrected chi connectivity index (χ1v) is 6.47. The van der Waals surface area contributed by atoms with Gasteiger partial charge in [0.2, 0.25) is 0 Å². The third-order valence-electron chi connectivity index (χ3n) is 3.70. The van der Waals surface area contributed by atoms with Crippen molar-refractivity contribution in [2.24, 2.45) is 5.92 Å². The first kappa shape index (κ1) is 14.0. The third-order valence-corrected chi connectivity index (χ3v) is 3.70. The van der Waals surface area contributed by atoms with Crippen molar-refractivity contribution in [1.29, 1.82) is 0 Å². The number of nitrogens with one attached hydrogen (secondary N) is 1. The van der Waals surface area contributed by atoms with Gasteiger partial charge >= 0.3 is 6.18 Å². The van der Waals surface area contributed by atoms with Crippen molar-refractivity contribution in [2.45, 2.75) is 44.8 Å². The van der Waals surface area contributed by atoms with Gasteiger partial charge in [0.1, 0.15) is 5.82 Å². The summed E-state index contributed by atoms with van der Waals surface area (Å²) in [6.45, 7) is 2.11. The highest BCUT2D eigenvalue weighted by atomic mass is 19.4. The Morgan fingerprint density at radius 3 is 2.63 bits per heavy atom. The van der Waals surface area contributed by atoms with Gasteiger partial charge in [-0.25, -0.2) is 4.98 Å². The molecule has 2 atom stereocenters. The molecule has 19 heavy (non-hydrogen) atoms. The van der Waals surface area contributed by atoms with E-state index in [-0.39, 0.29) is 17.5 Å². The van der Waals surface area contributed by atoms with Gasteiger partial charge in [-0.15, -0.1) is 0 Å². The maximum Gasteiger partial charge on any atom is 0.417 e. The molecule has 0 bridgehead atoms. The van der Waals surface area contributed by atoms with Crippen molar-refractivity contribution in [2.75, 3.05) is 11.1 Å². The lowest BCUT2D eigenvalue weighted by atomic mass is 9.86. The number of rotatable bonds is 2. The molecule has 0 aliphatic heterocycles. The van der Waals surface area contributed by atoms with Crippen LogP contribution in [0, 0.1) is 5.92 Å². The number of hydrogen-bond donors (Lipinski definition) is 2. The summed E-state index contributed by atoms with van der Waals surface area (Å²) in [7, 11) is 0. The average molecular weight is 273 g/mol. The fourth-order valence-electron chi connectivity index (χ4n) is 2.48. The standard InChI is InChI=1S/C13H18F3N3/c1-8-4-2-3-5-10(8)19-11-6-9(13(14,15)16)7-18-12(11)17/h6-8,10,19H,2-5H2,1H3,(H2,17,18). The largest absolute Gasteiger partial charge is 0.417 e. The second-order valence-electron chi connectivity index (χ2n) is 5.17. The molecule has 1 saturated carbocycles. The molecule has 3 N–H and O–H groups in total. The lowest BCUT2D eigenvalue weighted by molar-refractivity contribution is -0.137. The molecule has 0 saturated heterocycles. The predicted molar refractivity (Wildman–Crippen MR) is 68.7 cm³/mol. The van der Waals surface area contributed by atoms with E-state index in [2.05, 4.69) is 17.2 Å². The summed E-state index contributed by atoms with van der Waals surface area (Å²) in [6, 6.07) is 1.21. The van der Waals surface area contributed by atoms with Gasteiger partial charge in [0.15, 0.2) is 0 Å². The fraction of sp³-hybridized carbons (Fsp3) is 0.615. The molecular formula is C13H18F3N3. The smallest absolute Gasteiger partial charge is 0.382 e. The van der Waals surface area contributed by atoms with E-state index in [0.717, 1.165) is 31.5 Å². The number of nitrogens with zero attached hydrogens (tertiary/aromatic N) is 1. The number of hydrogen-bond acceptors (Lipinski definition) is 3. The Morgan fingerprint density at radius 1 is 1.32 bits per heavy atom. The van der Waals surface area contributed by atoms with Gasteiger partial charge < -0.3 is 11.1 Å². The average Bonchev–Trinajstić information content (AvgIpc) is 2.33. The number of anilines is 2. The van der Waals surface area contributed by atoms with Crippen molar-refractivity contribution in [3.63, 3.8) is 0 Å². The van der Waals surface area contributed by atoms with Crippen LogP contribution in [0.5, 0.6) is 0 Å². The molecule has 1 aliphatic carbocycles. The normalized spacial score (nSPS) is 24.2. The van der Waals surface area contributed by atoms with E-state index in [0.29, 0.717) is 5.92 Å². The molecule has 106 valence electrons. The molecule has 0 spiro atoms. The number of nitrogens with two attached hydrogens (primary N) is 1. The summed E-state index contributed by atoms with van der Waals surface area (Å²) in [4.78, 5) is 3.63. The Labute approximate surface area is 110 Å². The van der Waals surface area contributed by atoms with Gasteiger partial charge in [-0.3, -0.25) is 0 Å². The van der Waals surface area contributed by atoms with Crippen molar-refractivity contribution >= 4 is 11.5 Å². The van der Waals surface area contributed by atoms with Crippen LogP contribution < -0.4 is 11.1 Å². The molecule has 3 nitrogen and oxygen atoms in total. The molecule has 1 aromatic rings. The molecule has 1 aliphatic rings. The minimum absolute atomic E-state index is 0.116. The highest BCUT2D eigenvalue weighted by Crippen LogP contribution is 2.33. The summed E-state index contributed by atoms with van der Waals surface area (Å²) >= 11 is 0. The second kappa shape index (κ2) is 5.27. The summed E-state index contributed by atoms with van der Waals surface area (Å²) in [5, 5.41) is 3.12. The van der Waals surface area contributed by atoms with Gasteiger partial charge in [0.25, 0.3) is 0 Å². The molecule has 1 heterocycles. The Hall–Kier alpha value is -1.46. The Balaban J connectivity index is 2.19. The molecule has 6 heteroatoms. The first-order valence-electron chi connectivity index (χ1n) is 6.47. The van der Waals surface area contributed by atoms with Crippen LogP contribution in [0.25, 0.3) is 0 Å². The van der Waals surface area contributed by atoms with Gasteiger partial charge in [-0.05, 0) is 24.8 Å². The summed E-state index contributed by atoms with van der Waals surface area (Å²) in [5.41, 5.74) is 5.17. The number of pyridine rings is 1. The van der Waals surface area contributed by atoms with E-state index >= 15 is 0 Å². The number of aromatic nitrogens is 1. The van der Waals surface area contributed by atoms with Crippen molar-refractivity contribution < 1.29 is 13.2 Å². The zero-order valence-corrected chi connectivity index (χ0v) is 10.8. The predicted octanol–water partition coefficient (Wildman–Crippen LogP) is 3.67.